The van der Waals surface area contributed by atoms with Crippen LogP contribution in [0.4, 0.5) is 29.7 Å². The molecule has 0 aromatic carbocycles. The van der Waals surface area contributed by atoms with E-state index in [1.165, 1.54) is 0 Å². The van der Waals surface area contributed by atoms with E-state index in [2.05, 4.69) is 30.8 Å². The van der Waals surface area contributed by atoms with Crippen LogP contribution in [-0.4, -0.2) is 72.4 Å². The van der Waals surface area contributed by atoms with Crippen molar-refractivity contribution in [1.82, 2.24) is 34.8 Å². The van der Waals surface area contributed by atoms with Gasteiger partial charge in [0.05, 0.1) is 18.8 Å². The zero-order chi connectivity index (χ0) is 25.4. The molecule has 4 aliphatic carbocycles. The Morgan fingerprint density at radius 3 is 2.78 bits per heavy atom. The van der Waals surface area contributed by atoms with E-state index in [4.69, 9.17) is 4.74 Å². The summed E-state index contributed by atoms with van der Waals surface area (Å²) in [6.45, 7) is -0.213. The SMILES string of the molecule is O=C(NC12CC(C1)C2)O[C@@H]1CC[C@H](c2cc(Nc3nccc4nc(CN5CC(F)(F)C5)cn34)n[nH]2)[C@H]1F. The number of fused-ring (bicyclic) bond motifs is 1. The van der Waals surface area contributed by atoms with Gasteiger partial charge in [0, 0.05) is 42.2 Å². The van der Waals surface area contributed by atoms with Gasteiger partial charge >= 0.3 is 6.09 Å². The third-order valence-corrected chi connectivity index (χ3v) is 8.13. The second-order valence-corrected chi connectivity index (χ2v) is 11.0. The Bertz CT molecular complexity index is 1330. The first-order valence-corrected chi connectivity index (χ1v) is 12.6. The molecule has 13 heteroatoms. The number of aromatic nitrogens is 5. The van der Waals surface area contributed by atoms with Crippen LogP contribution in [0.2, 0.25) is 0 Å². The average molecular weight is 517 g/mol. The number of H-pyrrole nitrogens is 1. The summed E-state index contributed by atoms with van der Waals surface area (Å²) in [5.41, 5.74) is 1.78. The van der Waals surface area contributed by atoms with Crippen molar-refractivity contribution in [3.05, 3.63) is 35.9 Å². The number of aromatic amines is 1. The number of anilines is 2. The molecule has 0 unspecified atom stereocenters. The molecule has 37 heavy (non-hydrogen) atoms. The first-order chi connectivity index (χ1) is 17.7. The number of amides is 1. The normalized spacial score (nSPS) is 31.9. The van der Waals surface area contributed by atoms with Crippen LogP contribution in [0, 0.1) is 5.92 Å². The molecule has 3 aromatic rings. The lowest BCUT2D eigenvalue weighted by molar-refractivity contribution is -0.134. The van der Waals surface area contributed by atoms with Crippen LogP contribution in [-0.2, 0) is 11.3 Å². The van der Waals surface area contributed by atoms with Crippen LogP contribution in [0.15, 0.2) is 24.5 Å². The van der Waals surface area contributed by atoms with E-state index in [1.54, 1.807) is 33.8 Å². The molecule has 1 saturated heterocycles. The van der Waals surface area contributed by atoms with Gasteiger partial charge in [-0.1, -0.05) is 0 Å². The molecule has 5 aliphatic rings. The van der Waals surface area contributed by atoms with Gasteiger partial charge in [-0.05, 0) is 44.1 Å². The Morgan fingerprint density at radius 1 is 1.24 bits per heavy atom. The number of imidazole rings is 1. The van der Waals surface area contributed by atoms with Crippen molar-refractivity contribution in [3.8, 4) is 0 Å². The number of ether oxygens (including phenoxy) is 1. The second kappa shape index (κ2) is 8.07. The summed E-state index contributed by atoms with van der Waals surface area (Å²) in [5.74, 6) is -1.47. The summed E-state index contributed by atoms with van der Waals surface area (Å²) in [5, 5.41) is 13.2. The van der Waals surface area contributed by atoms with Crippen LogP contribution < -0.4 is 10.6 Å². The van der Waals surface area contributed by atoms with Crippen molar-refractivity contribution in [2.75, 3.05) is 18.4 Å². The molecular formula is C24H27F3N8O2. The molecule has 10 nitrogen and oxygen atoms in total. The third kappa shape index (κ3) is 4.09. The fourth-order valence-corrected chi connectivity index (χ4v) is 6.18. The Hall–Kier alpha value is -3.35. The summed E-state index contributed by atoms with van der Waals surface area (Å²) in [7, 11) is 0. The van der Waals surface area contributed by atoms with Gasteiger partial charge < -0.3 is 15.4 Å². The number of likely N-dealkylation sites (tertiary alicyclic amines) is 1. The van der Waals surface area contributed by atoms with Gasteiger partial charge in [0.15, 0.2) is 5.82 Å². The average Bonchev–Trinajstić information content (AvgIpc) is 3.48. The summed E-state index contributed by atoms with van der Waals surface area (Å²) >= 11 is 0. The Labute approximate surface area is 210 Å². The van der Waals surface area contributed by atoms with Gasteiger partial charge in [-0.3, -0.25) is 14.4 Å². The number of rotatable bonds is 7. The van der Waals surface area contributed by atoms with Gasteiger partial charge in [-0.2, -0.15) is 5.10 Å². The highest BCUT2D eigenvalue weighted by Gasteiger charge is 2.58. The quantitative estimate of drug-likeness (QED) is 0.441. The number of nitrogens with zero attached hydrogens (tertiary/aromatic N) is 5. The zero-order valence-corrected chi connectivity index (χ0v) is 20.0. The smallest absolute Gasteiger partial charge is 0.407 e. The van der Waals surface area contributed by atoms with Crippen molar-refractivity contribution in [2.24, 2.45) is 5.92 Å². The van der Waals surface area contributed by atoms with Crippen LogP contribution in [0.5, 0.6) is 0 Å². The third-order valence-electron chi connectivity index (χ3n) is 8.13. The number of alkyl halides is 3. The highest BCUT2D eigenvalue weighted by Crippen LogP contribution is 2.57. The van der Waals surface area contributed by atoms with E-state index in [9.17, 15) is 13.6 Å². The van der Waals surface area contributed by atoms with E-state index in [0.717, 1.165) is 25.2 Å². The van der Waals surface area contributed by atoms with E-state index in [-0.39, 0.29) is 18.6 Å². The van der Waals surface area contributed by atoms with E-state index in [0.29, 0.717) is 48.2 Å². The molecule has 0 spiro atoms. The van der Waals surface area contributed by atoms with Crippen molar-refractivity contribution in [1.29, 1.82) is 0 Å². The maximum Gasteiger partial charge on any atom is 0.407 e. The number of hydrogen-bond acceptors (Lipinski definition) is 7. The van der Waals surface area contributed by atoms with Crippen LogP contribution >= 0.6 is 0 Å². The topological polar surface area (TPSA) is 112 Å². The summed E-state index contributed by atoms with van der Waals surface area (Å²) in [4.78, 5) is 22.7. The van der Waals surface area contributed by atoms with Crippen molar-refractivity contribution in [2.45, 2.75) is 68.3 Å². The Balaban J connectivity index is 0.992. The summed E-state index contributed by atoms with van der Waals surface area (Å²) in [6.07, 6.45) is 4.66. The maximum atomic E-state index is 15.2. The summed E-state index contributed by atoms with van der Waals surface area (Å²) in [6, 6.07) is 3.45. The van der Waals surface area contributed by atoms with E-state index >= 15 is 4.39 Å². The summed E-state index contributed by atoms with van der Waals surface area (Å²) < 4.78 is 48.7. The molecule has 3 N–H and O–H groups in total. The molecule has 1 amide bonds. The minimum absolute atomic E-state index is 0.105. The molecule has 4 saturated carbocycles. The molecule has 4 heterocycles. The molecule has 196 valence electrons. The molecule has 2 bridgehead atoms. The molecule has 3 aromatic heterocycles. The molecular weight excluding hydrogens is 489 g/mol. The predicted octanol–water partition coefficient (Wildman–Crippen LogP) is 3.51. The molecule has 0 radical (unpaired) electrons. The van der Waals surface area contributed by atoms with Crippen LogP contribution in [0.3, 0.4) is 0 Å². The number of hydrogen-bond donors (Lipinski definition) is 3. The molecule has 5 fully saturated rings. The fraction of sp³-hybridized carbons (Fsp3) is 0.583. The number of carbonyl (C=O) groups excluding carboxylic acids is 1. The Kier molecular flexibility index (Phi) is 4.98. The van der Waals surface area contributed by atoms with Gasteiger partial charge in [0.25, 0.3) is 5.92 Å². The van der Waals surface area contributed by atoms with Crippen molar-refractivity contribution < 1.29 is 22.7 Å². The predicted molar refractivity (Wildman–Crippen MR) is 125 cm³/mol. The van der Waals surface area contributed by atoms with Crippen LogP contribution in [0.25, 0.3) is 5.65 Å². The van der Waals surface area contributed by atoms with Crippen LogP contribution in [0.1, 0.15) is 49.4 Å². The monoisotopic (exact) mass is 516 g/mol. The van der Waals surface area contributed by atoms with Crippen molar-refractivity contribution in [3.63, 3.8) is 0 Å². The highest BCUT2D eigenvalue weighted by atomic mass is 19.3. The molecule has 1 aliphatic heterocycles. The second-order valence-electron chi connectivity index (χ2n) is 11.0. The fourth-order valence-electron chi connectivity index (χ4n) is 6.18. The molecule has 3 atom stereocenters. The first kappa shape index (κ1) is 22.8. The lowest BCUT2D eigenvalue weighted by Gasteiger charge is -2.61. The standard InChI is InChI=1S/C24H27F3N8O2/c25-20-15(1-2-17(20)37-22(36)31-23-6-13(7-23)8-23)16-5-18(33-32-16)30-21-28-4-3-19-29-14(10-35(19)21)9-34-11-24(26,27)12-34/h3-5,10,13,15,17,20H,1-2,6-9,11-12H2,(H,31,36)(H2,28,30,32,33)/t13?,15-,17-,20-,23?/m1/s1. The number of carbonyl (C=O) groups is 1. The highest BCUT2D eigenvalue weighted by molar-refractivity contribution is 5.69. The van der Waals surface area contributed by atoms with Gasteiger partial charge in [0.2, 0.25) is 5.95 Å². The lowest BCUT2D eigenvalue weighted by Crippen LogP contribution is -2.68. The largest absolute Gasteiger partial charge is 0.443 e. The zero-order valence-electron chi connectivity index (χ0n) is 20.0. The number of alkyl carbamates (subject to hydrolysis) is 1. The minimum atomic E-state index is -2.63. The number of nitrogens with one attached hydrogen (secondary N) is 3. The Morgan fingerprint density at radius 2 is 2.05 bits per heavy atom. The minimum Gasteiger partial charge on any atom is -0.443 e. The van der Waals surface area contributed by atoms with Gasteiger partial charge in [0.1, 0.15) is 17.9 Å². The van der Waals surface area contributed by atoms with E-state index in [1.807, 2.05) is 0 Å². The number of halogens is 3. The first-order valence-electron chi connectivity index (χ1n) is 12.6. The van der Waals surface area contributed by atoms with E-state index < -0.39 is 30.2 Å². The maximum absolute atomic E-state index is 15.2. The van der Waals surface area contributed by atoms with Gasteiger partial charge in [-0.25, -0.2) is 27.9 Å². The van der Waals surface area contributed by atoms with Gasteiger partial charge in [-0.15, -0.1) is 0 Å². The lowest BCUT2D eigenvalue weighted by atomic mass is 9.50. The molecule has 8 rings (SSSR count). The van der Waals surface area contributed by atoms with Crippen molar-refractivity contribution >= 4 is 23.5 Å².